The first-order valence-electron chi connectivity index (χ1n) is 6.51. The number of nitrogens with one attached hydrogen (secondary N) is 1. The first-order chi connectivity index (χ1) is 9.29. The summed E-state index contributed by atoms with van der Waals surface area (Å²) in [6, 6.07) is 2.30. The lowest BCUT2D eigenvalue weighted by Crippen LogP contribution is -2.30. The van der Waals surface area contributed by atoms with Crippen LogP contribution in [-0.4, -0.2) is 34.7 Å². The Morgan fingerprint density at radius 1 is 1.47 bits per heavy atom. The monoisotopic (exact) mass is 280 g/mol. The quantitative estimate of drug-likeness (QED) is 0.936. The van der Waals surface area contributed by atoms with Crippen molar-refractivity contribution >= 4 is 22.8 Å². The Bertz CT molecular complexity index is 577. The van der Waals surface area contributed by atoms with Crippen LogP contribution in [-0.2, 0) is 11.3 Å². The van der Waals surface area contributed by atoms with Crippen LogP contribution in [0.3, 0.4) is 0 Å². The highest BCUT2D eigenvalue weighted by Crippen LogP contribution is 2.27. The van der Waals surface area contributed by atoms with Crippen molar-refractivity contribution in [3.8, 4) is 0 Å². The van der Waals surface area contributed by atoms with Gasteiger partial charge in [0, 0.05) is 19.3 Å². The maximum atomic E-state index is 5.99. The molecule has 2 aromatic heterocycles. The Labute approximate surface area is 116 Å². The van der Waals surface area contributed by atoms with E-state index in [2.05, 4.69) is 19.9 Å². The van der Waals surface area contributed by atoms with Crippen LogP contribution in [0.1, 0.15) is 24.7 Å². The molecule has 1 aliphatic heterocycles. The van der Waals surface area contributed by atoms with Gasteiger partial charge in [-0.05, 0) is 32.0 Å². The van der Waals surface area contributed by atoms with Crippen LogP contribution < -0.4 is 5.32 Å². The second-order valence-electron chi connectivity index (χ2n) is 4.81. The second-order valence-corrected chi connectivity index (χ2v) is 5.24. The van der Waals surface area contributed by atoms with E-state index in [1.165, 1.54) is 0 Å². The van der Waals surface area contributed by atoms with Crippen molar-refractivity contribution < 1.29 is 4.74 Å². The summed E-state index contributed by atoms with van der Waals surface area (Å²) >= 11 is 5.99. The van der Waals surface area contributed by atoms with E-state index in [0.29, 0.717) is 17.7 Å². The van der Waals surface area contributed by atoms with E-state index in [0.717, 1.165) is 42.9 Å². The van der Waals surface area contributed by atoms with Gasteiger partial charge >= 0.3 is 0 Å². The molecule has 1 fully saturated rings. The molecule has 0 atom stereocenters. The van der Waals surface area contributed by atoms with Gasteiger partial charge in [0.1, 0.15) is 17.9 Å². The zero-order valence-electron chi connectivity index (χ0n) is 10.9. The van der Waals surface area contributed by atoms with Crippen LogP contribution >= 0.6 is 11.6 Å². The maximum Gasteiger partial charge on any atom is 0.160 e. The lowest BCUT2D eigenvalue weighted by Gasteiger charge is -2.25. The molecule has 0 amide bonds. The topological polar surface area (TPSA) is 52.0 Å². The fraction of sp³-hybridized carbons (Fsp3) is 0.538. The molecule has 19 heavy (non-hydrogen) atoms. The second kappa shape index (κ2) is 5.45. The van der Waals surface area contributed by atoms with E-state index in [4.69, 9.17) is 16.3 Å². The molecule has 0 aromatic carbocycles. The van der Waals surface area contributed by atoms with Gasteiger partial charge in [-0.3, -0.25) is 0 Å². The Kier molecular flexibility index (Phi) is 3.68. The highest BCUT2D eigenvalue weighted by Gasteiger charge is 2.21. The fourth-order valence-corrected chi connectivity index (χ4v) is 2.84. The lowest BCUT2D eigenvalue weighted by molar-refractivity contribution is 0.171. The number of hydrogen-bond acceptors (Lipinski definition) is 4. The first-order valence-corrected chi connectivity index (χ1v) is 6.89. The third kappa shape index (κ3) is 2.45. The first kappa shape index (κ1) is 12.8. The average Bonchev–Trinajstić information content (AvgIpc) is 2.77. The number of hydrogen-bond donors (Lipinski definition) is 1. The number of imidazole rings is 1. The molecule has 102 valence electrons. The van der Waals surface area contributed by atoms with E-state index in [9.17, 15) is 0 Å². The van der Waals surface area contributed by atoms with E-state index < -0.39 is 0 Å². The van der Waals surface area contributed by atoms with Gasteiger partial charge in [-0.25, -0.2) is 9.97 Å². The number of piperidine rings is 1. The van der Waals surface area contributed by atoms with Gasteiger partial charge in [-0.2, -0.15) is 0 Å². The Morgan fingerprint density at radius 2 is 2.26 bits per heavy atom. The van der Waals surface area contributed by atoms with Gasteiger partial charge in [0.05, 0.1) is 5.02 Å². The normalized spacial score (nSPS) is 17.2. The summed E-state index contributed by atoms with van der Waals surface area (Å²) in [4.78, 5) is 9.06. The Morgan fingerprint density at radius 3 is 3.00 bits per heavy atom. The summed E-state index contributed by atoms with van der Waals surface area (Å²) in [6.45, 7) is 2.56. The zero-order chi connectivity index (χ0) is 13.2. The minimum absolute atomic E-state index is 0.435. The third-order valence-electron chi connectivity index (χ3n) is 3.52. The molecular weight excluding hydrogens is 264 g/mol. The van der Waals surface area contributed by atoms with Gasteiger partial charge < -0.3 is 14.6 Å². The van der Waals surface area contributed by atoms with Crippen molar-refractivity contribution in [2.75, 3.05) is 20.2 Å². The Balaban J connectivity index is 2.09. The molecule has 1 N–H and O–H groups in total. The predicted octanol–water partition coefficient (Wildman–Crippen LogP) is 2.16. The number of pyridine rings is 1. The van der Waals surface area contributed by atoms with E-state index in [1.807, 2.05) is 6.07 Å². The molecule has 3 heterocycles. The number of rotatable bonds is 3. The summed E-state index contributed by atoms with van der Waals surface area (Å²) in [5.74, 6) is 0.930. The highest BCUT2D eigenvalue weighted by molar-refractivity contribution is 6.31. The minimum Gasteiger partial charge on any atom is -0.377 e. The van der Waals surface area contributed by atoms with Crippen molar-refractivity contribution in [3.05, 3.63) is 23.1 Å². The average molecular weight is 281 g/mol. The predicted molar refractivity (Wildman–Crippen MR) is 74.4 cm³/mol. The van der Waals surface area contributed by atoms with Gasteiger partial charge in [-0.15, -0.1) is 0 Å². The summed E-state index contributed by atoms with van der Waals surface area (Å²) in [5, 5.41) is 4.00. The van der Waals surface area contributed by atoms with Crippen molar-refractivity contribution in [2.45, 2.75) is 25.5 Å². The minimum atomic E-state index is 0.435. The van der Waals surface area contributed by atoms with Crippen LogP contribution in [0.25, 0.3) is 11.2 Å². The molecule has 5 nitrogen and oxygen atoms in total. The van der Waals surface area contributed by atoms with Gasteiger partial charge in [0.25, 0.3) is 0 Å². The van der Waals surface area contributed by atoms with Gasteiger partial charge in [-0.1, -0.05) is 11.6 Å². The molecule has 0 spiro atoms. The van der Waals surface area contributed by atoms with Crippen molar-refractivity contribution in [2.24, 2.45) is 0 Å². The lowest BCUT2D eigenvalue weighted by atomic mass is 10.1. The fourth-order valence-electron chi connectivity index (χ4n) is 2.68. The number of fused-ring (bicyclic) bond motifs is 1. The molecular formula is C13H17ClN4O. The SMILES string of the molecule is COCc1nc2cc(Cl)cnc2n1C1CCNCC1. The molecule has 2 aromatic rings. The van der Waals surface area contributed by atoms with E-state index in [1.54, 1.807) is 13.3 Å². The molecule has 0 aliphatic carbocycles. The Hall–Kier alpha value is -1.17. The van der Waals surface area contributed by atoms with Crippen LogP contribution in [0.2, 0.25) is 5.02 Å². The summed E-state index contributed by atoms with van der Waals surface area (Å²) in [6.07, 6.45) is 3.86. The molecule has 1 aliphatic rings. The molecule has 6 heteroatoms. The smallest absolute Gasteiger partial charge is 0.160 e. The van der Waals surface area contributed by atoms with E-state index in [-0.39, 0.29) is 0 Å². The van der Waals surface area contributed by atoms with Crippen LogP contribution in [0.5, 0.6) is 0 Å². The van der Waals surface area contributed by atoms with E-state index >= 15 is 0 Å². The number of methoxy groups -OCH3 is 1. The van der Waals surface area contributed by atoms with Gasteiger partial charge in [0.15, 0.2) is 5.65 Å². The van der Waals surface area contributed by atoms with Crippen molar-refractivity contribution in [1.29, 1.82) is 0 Å². The molecule has 0 radical (unpaired) electrons. The zero-order valence-corrected chi connectivity index (χ0v) is 11.7. The summed E-state index contributed by atoms with van der Waals surface area (Å²) in [5.41, 5.74) is 1.75. The van der Waals surface area contributed by atoms with Crippen LogP contribution in [0, 0.1) is 0 Å². The van der Waals surface area contributed by atoms with Crippen LogP contribution in [0.4, 0.5) is 0 Å². The largest absolute Gasteiger partial charge is 0.377 e. The standard InChI is InChI=1S/C13H17ClN4O/c1-19-8-12-17-11-6-9(14)7-16-13(11)18(12)10-2-4-15-5-3-10/h6-7,10,15H,2-5,8H2,1H3. The van der Waals surface area contributed by atoms with Crippen molar-refractivity contribution in [1.82, 2.24) is 19.9 Å². The molecule has 3 rings (SSSR count). The maximum absolute atomic E-state index is 5.99. The number of nitrogens with zero attached hydrogens (tertiary/aromatic N) is 3. The van der Waals surface area contributed by atoms with Crippen molar-refractivity contribution in [3.63, 3.8) is 0 Å². The molecule has 0 saturated carbocycles. The number of aromatic nitrogens is 3. The number of halogens is 1. The molecule has 0 bridgehead atoms. The third-order valence-corrected chi connectivity index (χ3v) is 3.72. The highest BCUT2D eigenvalue weighted by atomic mass is 35.5. The molecule has 1 saturated heterocycles. The summed E-state index contributed by atoms with van der Waals surface area (Å²) < 4.78 is 7.48. The van der Waals surface area contributed by atoms with Gasteiger partial charge in [0.2, 0.25) is 0 Å². The molecule has 0 unspecified atom stereocenters. The summed E-state index contributed by atoms with van der Waals surface area (Å²) in [7, 11) is 1.69. The van der Waals surface area contributed by atoms with Crippen LogP contribution in [0.15, 0.2) is 12.3 Å². The number of ether oxygens (including phenoxy) is 1.